The van der Waals surface area contributed by atoms with Crippen LogP contribution in [0.15, 0.2) is 88.2 Å². The first-order valence-corrected chi connectivity index (χ1v) is 11.4. The molecule has 1 N–H and O–H groups in total. The first-order valence-electron chi connectivity index (χ1n) is 9.12. The molecule has 3 rings (SSSR count). The lowest BCUT2D eigenvalue weighted by molar-refractivity contribution is -0.116. The normalized spacial score (nSPS) is 11.3. The number of ether oxygens (including phenoxy) is 1. The average Bonchev–Trinajstić information content (AvgIpc) is 2.76. The minimum atomic E-state index is -3.87. The molecule has 0 aliphatic heterocycles. The van der Waals surface area contributed by atoms with Crippen molar-refractivity contribution in [3.8, 4) is 5.75 Å². The Labute approximate surface area is 184 Å². The molecule has 0 heterocycles. The fourth-order valence-electron chi connectivity index (χ4n) is 2.80. The quantitative estimate of drug-likeness (QED) is 0.513. The Bertz CT molecular complexity index is 1090. The maximum Gasteiger partial charge on any atom is 0.243 e. The fraction of sp³-hybridized carbons (Fsp3) is 0.136. The zero-order valence-corrected chi connectivity index (χ0v) is 18.7. The average molecular weight is 489 g/mol. The monoisotopic (exact) mass is 488 g/mol. The maximum absolute atomic E-state index is 13.2. The summed E-state index contributed by atoms with van der Waals surface area (Å²) in [6.45, 7) is -0.250. The molecule has 0 radical (unpaired) electrons. The summed E-state index contributed by atoms with van der Waals surface area (Å²) in [6.07, 6.45) is 0. The third-order valence-corrected chi connectivity index (χ3v) is 6.68. The third kappa shape index (κ3) is 5.69. The molecule has 30 heavy (non-hydrogen) atoms. The van der Waals surface area contributed by atoms with Crippen molar-refractivity contribution in [2.45, 2.75) is 11.4 Å². The molecule has 0 atom stereocenters. The van der Waals surface area contributed by atoms with E-state index in [1.54, 1.807) is 49.6 Å². The number of sulfonamides is 1. The van der Waals surface area contributed by atoms with Gasteiger partial charge < -0.3 is 10.1 Å². The van der Waals surface area contributed by atoms with Crippen molar-refractivity contribution in [1.82, 2.24) is 4.31 Å². The molecule has 1 amide bonds. The molecule has 0 bridgehead atoms. The van der Waals surface area contributed by atoms with Crippen molar-refractivity contribution < 1.29 is 17.9 Å². The Hall–Kier alpha value is -2.68. The number of nitrogens with zero attached hydrogens (tertiary/aromatic N) is 1. The number of hydrogen-bond acceptors (Lipinski definition) is 4. The summed E-state index contributed by atoms with van der Waals surface area (Å²) in [5.41, 5.74) is 1.33. The van der Waals surface area contributed by atoms with E-state index in [0.29, 0.717) is 11.4 Å². The van der Waals surface area contributed by atoms with E-state index in [2.05, 4.69) is 21.2 Å². The van der Waals surface area contributed by atoms with Crippen LogP contribution in [-0.2, 0) is 21.4 Å². The summed E-state index contributed by atoms with van der Waals surface area (Å²) in [5, 5.41) is 2.73. The number of rotatable bonds is 8. The van der Waals surface area contributed by atoms with Crippen LogP contribution in [-0.4, -0.2) is 32.3 Å². The Morgan fingerprint density at radius 3 is 2.20 bits per heavy atom. The Morgan fingerprint density at radius 2 is 1.60 bits per heavy atom. The molecule has 3 aromatic rings. The molecule has 8 heteroatoms. The van der Waals surface area contributed by atoms with E-state index in [9.17, 15) is 13.2 Å². The highest BCUT2D eigenvalue weighted by molar-refractivity contribution is 9.10. The van der Waals surface area contributed by atoms with Gasteiger partial charge in [0.25, 0.3) is 0 Å². The van der Waals surface area contributed by atoms with Crippen molar-refractivity contribution in [3.63, 3.8) is 0 Å². The zero-order chi connectivity index (χ0) is 21.6. The van der Waals surface area contributed by atoms with E-state index in [0.717, 1.165) is 10.0 Å². The van der Waals surface area contributed by atoms with Crippen LogP contribution in [0.4, 0.5) is 5.69 Å². The molecule has 0 aliphatic rings. The number of carbonyl (C=O) groups excluding carboxylic acids is 1. The van der Waals surface area contributed by atoms with Gasteiger partial charge in [0.15, 0.2) is 0 Å². The standard InChI is InChI=1S/C22H21BrN2O4S/c1-29-20-13-11-19(12-14-20)24-22(26)16-25(15-17-7-9-18(23)10-8-17)30(27,28)21-5-3-2-4-6-21/h2-14H,15-16H2,1H3,(H,24,26). The summed E-state index contributed by atoms with van der Waals surface area (Å²) in [7, 11) is -2.31. The van der Waals surface area contributed by atoms with Gasteiger partial charge >= 0.3 is 0 Å². The number of nitrogens with one attached hydrogen (secondary N) is 1. The predicted molar refractivity (Wildman–Crippen MR) is 120 cm³/mol. The smallest absolute Gasteiger partial charge is 0.243 e. The van der Waals surface area contributed by atoms with Gasteiger partial charge in [0.05, 0.1) is 18.6 Å². The molecule has 0 unspecified atom stereocenters. The van der Waals surface area contributed by atoms with E-state index < -0.39 is 15.9 Å². The number of benzene rings is 3. The van der Waals surface area contributed by atoms with E-state index in [-0.39, 0.29) is 18.0 Å². The van der Waals surface area contributed by atoms with Gasteiger partial charge in [0.2, 0.25) is 15.9 Å². The van der Waals surface area contributed by atoms with Gasteiger partial charge in [-0.2, -0.15) is 4.31 Å². The fourth-order valence-corrected chi connectivity index (χ4v) is 4.47. The van der Waals surface area contributed by atoms with Gasteiger partial charge in [0, 0.05) is 16.7 Å². The highest BCUT2D eigenvalue weighted by Gasteiger charge is 2.26. The molecule has 6 nitrogen and oxygen atoms in total. The van der Waals surface area contributed by atoms with Gasteiger partial charge in [-0.1, -0.05) is 46.3 Å². The van der Waals surface area contributed by atoms with E-state index in [4.69, 9.17) is 4.74 Å². The lowest BCUT2D eigenvalue weighted by Gasteiger charge is -2.22. The SMILES string of the molecule is COc1ccc(NC(=O)CN(Cc2ccc(Br)cc2)S(=O)(=O)c2ccccc2)cc1. The summed E-state index contributed by atoms with van der Waals surface area (Å²) in [4.78, 5) is 12.8. The zero-order valence-electron chi connectivity index (χ0n) is 16.3. The van der Waals surface area contributed by atoms with Crippen molar-refractivity contribution in [2.75, 3.05) is 19.0 Å². The van der Waals surface area contributed by atoms with Gasteiger partial charge in [-0.05, 0) is 54.1 Å². The summed E-state index contributed by atoms with van der Waals surface area (Å²) in [6, 6.07) is 22.2. The molecule has 0 aliphatic carbocycles. The van der Waals surface area contributed by atoms with Crippen LogP contribution in [0.5, 0.6) is 5.75 Å². The number of halogens is 1. The highest BCUT2D eigenvalue weighted by atomic mass is 79.9. The predicted octanol–water partition coefficient (Wildman–Crippen LogP) is 4.29. The minimum absolute atomic E-state index is 0.0700. The minimum Gasteiger partial charge on any atom is -0.497 e. The van der Waals surface area contributed by atoms with Gasteiger partial charge in [0.1, 0.15) is 5.75 Å². The molecule has 0 aromatic heterocycles. The molecular formula is C22H21BrN2O4S. The lowest BCUT2D eigenvalue weighted by Crippen LogP contribution is -2.37. The molecular weight excluding hydrogens is 468 g/mol. The van der Waals surface area contributed by atoms with Crippen LogP contribution in [0, 0.1) is 0 Å². The van der Waals surface area contributed by atoms with Crippen molar-refractivity contribution in [3.05, 3.63) is 88.9 Å². The van der Waals surface area contributed by atoms with Crippen LogP contribution in [0.3, 0.4) is 0 Å². The summed E-state index contributed by atoms with van der Waals surface area (Å²) in [5.74, 6) is 0.230. The number of carbonyl (C=O) groups is 1. The van der Waals surface area contributed by atoms with Crippen molar-refractivity contribution >= 4 is 37.5 Å². The first-order chi connectivity index (χ1) is 14.4. The molecule has 0 saturated carbocycles. The number of methoxy groups -OCH3 is 1. The Morgan fingerprint density at radius 1 is 0.967 bits per heavy atom. The van der Waals surface area contributed by atoms with Crippen LogP contribution in [0.25, 0.3) is 0 Å². The van der Waals surface area contributed by atoms with Crippen LogP contribution < -0.4 is 10.1 Å². The molecule has 0 fully saturated rings. The number of hydrogen-bond donors (Lipinski definition) is 1. The maximum atomic E-state index is 13.2. The topological polar surface area (TPSA) is 75.7 Å². The lowest BCUT2D eigenvalue weighted by atomic mass is 10.2. The Kier molecular flexibility index (Phi) is 7.25. The summed E-state index contributed by atoms with van der Waals surface area (Å²) < 4.78 is 33.6. The highest BCUT2D eigenvalue weighted by Crippen LogP contribution is 2.20. The van der Waals surface area contributed by atoms with Crippen molar-refractivity contribution in [2.24, 2.45) is 0 Å². The van der Waals surface area contributed by atoms with Gasteiger partial charge in [-0.25, -0.2) is 8.42 Å². The van der Waals surface area contributed by atoms with Gasteiger partial charge in [-0.15, -0.1) is 0 Å². The first kappa shape index (κ1) is 22.0. The van der Waals surface area contributed by atoms with Crippen LogP contribution >= 0.6 is 15.9 Å². The summed E-state index contributed by atoms with van der Waals surface area (Å²) >= 11 is 3.37. The number of amides is 1. The second-order valence-corrected chi connectivity index (χ2v) is 9.34. The Balaban J connectivity index is 1.82. The number of anilines is 1. The van der Waals surface area contributed by atoms with Gasteiger partial charge in [-0.3, -0.25) is 4.79 Å². The van der Waals surface area contributed by atoms with E-state index in [1.165, 1.54) is 16.4 Å². The van der Waals surface area contributed by atoms with E-state index >= 15 is 0 Å². The molecule has 156 valence electrons. The van der Waals surface area contributed by atoms with Crippen LogP contribution in [0.1, 0.15) is 5.56 Å². The molecule has 0 saturated heterocycles. The third-order valence-electron chi connectivity index (χ3n) is 4.35. The van der Waals surface area contributed by atoms with E-state index in [1.807, 2.05) is 24.3 Å². The van der Waals surface area contributed by atoms with Crippen LogP contribution in [0.2, 0.25) is 0 Å². The second-order valence-electron chi connectivity index (χ2n) is 6.49. The largest absolute Gasteiger partial charge is 0.497 e. The molecule has 0 spiro atoms. The van der Waals surface area contributed by atoms with Crippen molar-refractivity contribution in [1.29, 1.82) is 0 Å². The second kappa shape index (κ2) is 9.88. The molecule has 3 aromatic carbocycles.